The number of hydrogen-bond acceptors (Lipinski definition) is 10. The molecule has 19 nitrogen and oxygen atoms in total. The van der Waals surface area contributed by atoms with Gasteiger partial charge in [-0.2, -0.15) is 0 Å². The third kappa shape index (κ3) is 12.0. The van der Waals surface area contributed by atoms with Gasteiger partial charge in [0.05, 0.1) is 19.0 Å². The lowest BCUT2D eigenvalue weighted by atomic mass is 10.0. The Labute approximate surface area is 271 Å². The number of aliphatic hydroxyl groups excluding tert-OH is 1. The Bertz CT molecular complexity index is 1350. The molecule has 6 amide bonds. The van der Waals surface area contributed by atoms with Crippen molar-refractivity contribution in [2.24, 2.45) is 18.7 Å². The number of rotatable bonds is 17. The molecule has 1 fully saturated rings. The Hall–Kier alpha value is -3.90. The van der Waals surface area contributed by atoms with Crippen LogP contribution in [0.25, 0.3) is 0 Å². The van der Waals surface area contributed by atoms with Gasteiger partial charge in [0.2, 0.25) is 35.4 Å². The highest BCUT2D eigenvalue weighted by Crippen LogP contribution is 2.38. The minimum absolute atomic E-state index is 0.0690. The van der Waals surface area contributed by atoms with E-state index in [-0.39, 0.29) is 24.7 Å². The molecule has 1 saturated heterocycles. The van der Waals surface area contributed by atoms with Crippen LogP contribution in [0.15, 0.2) is 12.5 Å². The van der Waals surface area contributed by atoms with E-state index in [1.165, 1.54) is 24.3 Å². The number of amides is 6. The van der Waals surface area contributed by atoms with Crippen LogP contribution in [-0.4, -0.2) is 114 Å². The van der Waals surface area contributed by atoms with E-state index in [1.54, 1.807) is 11.6 Å². The molecule has 0 bridgehead atoms. The van der Waals surface area contributed by atoms with Crippen LogP contribution in [0.3, 0.4) is 0 Å². The summed E-state index contributed by atoms with van der Waals surface area (Å²) in [6.45, 7) is 5.52. The van der Waals surface area contributed by atoms with Crippen molar-refractivity contribution in [3.8, 4) is 0 Å². The molecule has 0 aliphatic carbocycles. The van der Waals surface area contributed by atoms with Gasteiger partial charge in [0, 0.05) is 38.8 Å². The maximum absolute atomic E-state index is 13.6. The number of carbonyl (C=O) groups excluding carboxylic acids is 6. The van der Waals surface area contributed by atoms with Crippen LogP contribution < -0.4 is 27.0 Å². The summed E-state index contributed by atoms with van der Waals surface area (Å²) >= 11 is 0. The molecule has 1 aliphatic heterocycles. The number of aromatic nitrogens is 2. The van der Waals surface area contributed by atoms with Crippen molar-refractivity contribution in [1.82, 2.24) is 35.7 Å². The molecule has 9 N–H and O–H groups in total. The predicted octanol–water partition coefficient (Wildman–Crippen LogP) is -3.07. The first-order valence-electron chi connectivity index (χ1n) is 14.9. The topological polar surface area (TPSA) is 285 Å². The molecule has 0 aromatic carbocycles. The molecule has 2 rings (SSSR count). The van der Waals surface area contributed by atoms with Crippen molar-refractivity contribution < 1.29 is 52.7 Å². The molecule has 0 saturated carbocycles. The fraction of sp³-hybridized carbons (Fsp3) is 0.667. The van der Waals surface area contributed by atoms with Gasteiger partial charge in [0.1, 0.15) is 30.2 Å². The zero-order chi connectivity index (χ0) is 35.6. The standard InChI is InChI=1S/C27H45N8O11P/c1-14(2)9-18(31-27(42)21-7-6-8-35(21)16(4)37)24(39)30-19(10-17-11-29-13-34(17)5)25(40)32-20(12-36)26(41)33-22(23(28)38)15(3)46-47(43,44)45/h11,13-15,18-22,36H,6-10,12H2,1-5H3,(H2,28,38)(H,30,39)(H,31,42)(H,32,40)(H,33,41)(H2,43,44,45)/t15-,18+,19+,20+,21?,22+/m1/s1. The first kappa shape index (κ1) is 39.3. The van der Waals surface area contributed by atoms with E-state index in [4.69, 9.17) is 15.5 Å². The average molecular weight is 689 g/mol. The van der Waals surface area contributed by atoms with Crippen molar-refractivity contribution in [2.45, 2.75) is 89.7 Å². The number of nitrogens with two attached hydrogens (primary N) is 1. The first-order valence-corrected chi connectivity index (χ1v) is 16.5. The van der Waals surface area contributed by atoms with Gasteiger partial charge in [-0.3, -0.25) is 33.3 Å². The van der Waals surface area contributed by atoms with Crippen molar-refractivity contribution in [1.29, 1.82) is 0 Å². The predicted molar refractivity (Wildman–Crippen MR) is 163 cm³/mol. The quantitative estimate of drug-likeness (QED) is 0.0757. The fourth-order valence-corrected chi connectivity index (χ4v) is 5.63. The summed E-state index contributed by atoms with van der Waals surface area (Å²) in [4.78, 5) is 101. The van der Waals surface area contributed by atoms with Crippen LogP contribution in [0.2, 0.25) is 0 Å². The second-order valence-corrected chi connectivity index (χ2v) is 12.9. The summed E-state index contributed by atoms with van der Waals surface area (Å²) in [5.41, 5.74) is 5.76. The summed E-state index contributed by atoms with van der Waals surface area (Å²) in [5.74, 6) is -4.86. The summed E-state index contributed by atoms with van der Waals surface area (Å²) in [5, 5.41) is 19.6. The summed E-state index contributed by atoms with van der Waals surface area (Å²) in [6.07, 6.45) is 2.43. The zero-order valence-electron chi connectivity index (χ0n) is 26.9. The molecule has 20 heteroatoms. The lowest BCUT2D eigenvalue weighted by Gasteiger charge is -2.28. The Kier molecular flexibility index (Phi) is 14.5. The Balaban J connectivity index is 2.27. The molecule has 0 spiro atoms. The molecule has 6 atom stereocenters. The van der Waals surface area contributed by atoms with Crippen molar-refractivity contribution in [3.05, 3.63) is 18.2 Å². The molecule has 1 aromatic heterocycles. The largest absolute Gasteiger partial charge is 0.469 e. The zero-order valence-corrected chi connectivity index (χ0v) is 27.8. The van der Waals surface area contributed by atoms with E-state index in [1.807, 2.05) is 13.8 Å². The number of nitrogens with zero attached hydrogens (tertiary/aromatic N) is 3. The number of carbonyl (C=O) groups is 6. The SMILES string of the molecule is CC(=O)N1CCCC1C(=O)N[C@@H](CC(C)C)C(=O)N[C@@H](Cc1cncn1C)C(=O)N[C@@H](CO)C(=O)N[C@H](C(N)=O)[C@@H](C)OP(=O)(O)O. The van der Waals surface area contributed by atoms with Crippen LogP contribution in [0.5, 0.6) is 0 Å². The van der Waals surface area contributed by atoms with Crippen LogP contribution in [-0.2, 0) is 51.3 Å². The van der Waals surface area contributed by atoms with Crippen molar-refractivity contribution in [2.75, 3.05) is 13.2 Å². The number of likely N-dealkylation sites (tertiary alicyclic amines) is 1. The molecule has 264 valence electrons. The average Bonchev–Trinajstić information content (AvgIpc) is 3.61. The normalized spacial score (nSPS) is 18.1. The number of phosphoric acid groups is 1. The van der Waals surface area contributed by atoms with E-state index >= 15 is 0 Å². The second kappa shape index (κ2) is 17.3. The molecule has 1 aliphatic rings. The number of imidazole rings is 1. The maximum Gasteiger partial charge on any atom is 0.469 e. The molecular formula is C27H45N8O11P. The highest BCUT2D eigenvalue weighted by atomic mass is 31.2. The fourth-order valence-electron chi connectivity index (χ4n) is 5.08. The van der Waals surface area contributed by atoms with Crippen molar-refractivity contribution >= 4 is 43.3 Å². The van der Waals surface area contributed by atoms with E-state index < -0.39 is 80.3 Å². The Morgan fingerprint density at radius 3 is 2.13 bits per heavy atom. The Morgan fingerprint density at radius 1 is 1.02 bits per heavy atom. The Morgan fingerprint density at radius 2 is 1.62 bits per heavy atom. The van der Waals surface area contributed by atoms with Gasteiger partial charge >= 0.3 is 7.82 Å². The van der Waals surface area contributed by atoms with Gasteiger partial charge in [-0.05, 0) is 32.1 Å². The molecule has 1 unspecified atom stereocenters. The lowest BCUT2D eigenvalue weighted by Crippen LogP contribution is -2.61. The highest BCUT2D eigenvalue weighted by Gasteiger charge is 2.37. The van der Waals surface area contributed by atoms with E-state index in [0.717, 1.165) is 6.92 Å². The number of primary amides is 1. The van der Waals surface area contributed by atoms with Gasteiger partial charge in [0.15, 0.2) is 0 Å². The van der Waals surface area contributed by atoms with Gasteiger partial charge in [-0.1, -0.05) is 13.8 Å². The monoisotopic (exact) mass is 688 g/mol. The molecular weight excluding hydrogens is 643 g/mol. The number of nitrogens with one attached hydrogen (secondary N) is 4. The third-order valence-corrected chi connectivity index (χ3v) is 8.06. The minimum Gasteiger partial charge on any atom is -0.394 e. The van der Waals surface area contributed by atoms with Crippen LogP contribution >= 0.6 is 7.82 Å². The highest BCUT2D eigenvalue weighted by molar-refractivity contribution is 7.46. The van der Waals surface area contributed by atoms with E-state index in [0.29, 0.717) is 25.1 Å². The van der Waals surface area contributed by atoms with Gasteiger partial charge in [-0.25, -0.2) is 9.55 Å². The summed E-state index contributed by atoms with van der Waals surface area (Å²) in [6, 6.07) is -6.67. The summed E-state index contributed by atoms with van der Waals surface area (Å²) in [7, 11) is -3.43. The van der Waals surface area contributed by atoms with Crippen molar-refractivity contribution in [3.63, 3.8) is 0 Å². The third-order valence-electron chi connectivity index (χ3n) is 7.46. The van der Waals surface area contributed by atoms with E-state index in [2.05, 4.69) is 30.8 Å². The van der Waals surface area contributed by atoms with Gasteiger partial charge in [0.25, 0.3) is 0 Å². The van der Waals surface area contributed by atoms with E-state index in [9.17, 15) is 38.4 Å². The van der Waals surface area contributed by atoms with Crippen LogP contribution in [0.1, 0.15) is 52.7 Å². The smallest absolute Gasteiger partial charge is 0.394 e. The second-order valence-electron chi connectivity index (χ2n) is 11.8. The first-order chi connectivity index (χ1) is 21.8. The number of aliphatic hydroxyl groups is 1. The number of phosphoric ester groups is 1. The molecule has 47 heavy (non-hydrogen) atoms. The van der Waals surface area contributed by atoms with Crippen LogP contribution in [0.4, 0.5) is 0 Å². The minimum atomic E-state index is -5.08. The molecule has 1 aromatic rings. The maximum atomic E-state index is 13.6. The number of aryl methyl sites for hydroxylation is 1. The lowest BCUT2D eigenvalue weighted by molar-refractivity contribution is -0.139. The van der Waals surface area contributed by atoms with Crippen LogP contribution in [0, 0.1) is 5.92 Å². The van der Waals surface area contributed by atoms with Gasteiger partial charge < -0.3 is 51.4 Å². The number of hydrogen-bond donors (Lipinski definition) is 8. The summed E-state index contributed by atoms with van der Waals surface area (Å²) < 4.78 is 17.2. The molecule has 2 heterocycles. The van der Waals surface area contributed by atoms with Gasteiger partial charge in [-0.15, -0.1) is 0 Å². The molecule has 0 radical (unpaired) electrons.